The molecule has 0 saturated heterocycles. The summed E-state index contributed by atoms with van der Waals surface area (Å²) in [5.41, 5.74) is 3.09. The zero-order chi connectivity index (χ0) is 14.8. The summed E-state index contributed by atoms with van der Waals surface area (Å²) in [6.45, 7) is 0. The first kappa shape index (κ1) is 13.4. The molecule has 0 aliphatic rings. The molecule has 21 heavy (non-hydrogen) atoms. The number of fused-ring (bicyclic) bond motifs is 1. The number of non-ortho nitro benzene ring substituents is 1. The number of aromatic nitrogens is 2. The molecular formula is C14H11ClN4O2. The SMILES string of the molecule is O=[N+]([O-])c1ccc2nc(Nc3ccccc3CCl)[nH]c2c1. The lowest BCUT2D eigenvalue weighted by Gasteiger charge is -2.06. The highest BCUT2D eigenvalue weighted by molar-refractivity contribution is 6.17. The van der Waals surface area contributed by atoms with Gasteiger partial charge in [-0.05, 0) is 17.7 Å². The van der Waals surface area contributed by atoms with E-state index in [0.717, 1.165) is 11.3 Å². The Morgan fingerprint density at radius 2 is 2.10 bits per heavy atom. The minimum atomic E-state index is -0.434. The zero-order valence-corrected chi connectivity index (χ0v) is 11.6. The van der Waals surface area contributed by atoms with Gasteiger partial charge in [0.05, 0.1) is 16.0 Å². The van der Waals surface area contributed by atoms with Crippen molar-refractivity contribution in [2.45, 2.75) is 5.88 Å². The third kappa shape index (κ3) is 2.66. The van der Waals surface area contributed by atoms with Crippen LogP contribution in [0.5, 0.6) is 0 Å². The van der Waals surface area contributed by atoms with Gasteiger partial charge in [-0.1, -0.05) is 18.2 Å². The van der Waals surface area contributed by atoms with Crippen LogP contribution >= 0.6 is 11.6 Å². The van der Waals surface area contributed by atoms with Gasteiger partial charge in [-0.3, -0.25) is 10.1 Å². The van der Waals surface area contributed by atoms with Gasteiger partial charge >= 0.3 is 0 Å². The molecule has 0 atom stereocenters. The normalized spacial score (nSPS) is 10.7. The molecule has 0 aliphatic heterocycles. The highest BCUT2D eigenvalue weighted by Crippen LogP contribution is 2.24. The van der Waals surface area contributed by atoms with Crippen LogP contribution in [0, 0.1) is 10.1 Å². The topological polar surface area (TPSA) is 83.8 Å². The molecule has 0 radical (unpaired) electrons. The minimum Gasteiger partial charge on any atom is -0.325 e. The number of nitrogens with zero attached hydrogens (tertiary/aromatic N) is 2. The number of alkyl halides is 1. The van der Waals surface area contributed by atoms with Crippen molar-refractivity contribution in [1.29, 1.82) is 0 Å². The van der Waals surface area contributed by atoms with Gasteiger partial charge < -0.3 is 10.3 Å². The molecule has 0 aliphatic carbocycles. The number of aromatic amines is 1. The van der Waals surface area contributed by atoms with Crippen LogP contribution in [-0.4, -0.2) is 14.9 Å². The van der Waals surface area contributed by atoms with E-state index in [2.05, 4.69) is 15.3 Å². The zero-order valence-electron chi connectivity index (χ0n) is 10.8. The van der Waals surface area contributed by atoms with E-state index in [9.17, 15) is 10.1 Å². The molecule has 2 aromatic carbocycles. The van der Waals surface area contributed by atoms with E-state index in [1.54, 1.807) is 6.07 Å². The predicted octanol–water partition coefficient (Wildman–Crippen LogP) is 3.95. The van der Waals surface area contributed by atoms with Gasteiger partial charge in [-0.25, -0.2) is 4.98 Å². The van der Waals surface area contributed by atoms with Crippen LogP contribution in [0.4, 0.5) is 17.3 Å². The third-order valence-electron chi connectivity index (χ3n) is 3.09. The van der Waals surface area contributed by atoms with E-state index in [1.807, 2.05) is 24.3 Å². The van der Waals surface area contributed by atoms with E-state index in [-0.39, 0.29) is 5.69 Å². The molecule has 106 valence electrons. The van der Waals surface area contributed by atoms with Crippen molar-refractivity contribution in [2.24, 2.45) is 0 Å². The van der Waals surface area contributed by atoms with E-state index in [0.29, 0.717) is 22.9 Å². The van der Waals surface area contributed by atoms with E-state index in [4.69, 9.17) is 11.6 Å². The number of nitro groups is 1. The fraction of sp³-hybridized carbons (Fsp3) is 0.0714. The minimum absolute atomic E-state index is 0.0267. The number of para-hydroxylation sites is 1. The molecule has 0 spiro atoms. The molecular weight excluding hydrogens is 292 g/mol. The van der Waals surface area contributed by atoms with Gasteiger partial charge in [0.15, 0.2) is 0 Å². The van der Waals surface area contributed by atoms with Crippen molar-refractivity contribution in [3.05, 3.63) is 58.1 Å². The van der Waals surface area contributed by atoms with Crippen LogP contribution < -0.4 is 5.32 Å². The maximum atomic E-state index is 10.8. The first-order valence-corrected chi connectivity index (χ1v) is 6.76. The lowest BCUT2D eigenvalue weighted by atomic mass is 10.2. The molecule has 1 aromatic heterocycles. The monoisotopic (exact) mass is 302 g/mol. The van der Waals surface area contributed by atoms with Crippen LogP contribution in [-0.2, 0) is 5.88 Å². The van der Waals surface area contributed by atoms with Gasteiger partial charge in [0.2, 0.25) is 5.95 Å². The van der Waals surface area contributed by atoms with Crippen LogP contribution in [0.25, 0.3) is 11.0 Å². The molecule has 0 unspecified atom stereocenters. The predicted molar refractivity (Wildman–Crippen MR) is 82.0 cm³/mol. The average molecular weight is 303 g/mol. The molecule has 6 nitrogen and oxygen atoms in total. The fourth-order valence-corrected chi connectivity index (χ4v) is 2.29. The summed E-state index contributed by atoms with van der Waals surface area (Å²) in [5.74, 6) is 0.901. The van der Waals surface area contributed by atoms with Crippen LogP contribution in [0.1, 0.15) is 5.56 Å². The molecule has 0 bridgehead atoms. The maximum Gasteiger partial charge on any atom is 0.271 e. The third-order valence-corrected chi connectivity index (χ3v) is 3.38. The Kier molecular flexibility index (Phi) is 3.45. The largest absolute Gasteiger partial charge is 0.325 e. The summed E-state index contributed by atoms with van der Waals surface area (Å²) in [6, 6.07) is 12.1. The summed E-state index contributed by atoms with van der Waals surface area (Å²) >= 11 is 5.89. The van der Waals surface area contributed by atoms with Crippen molar-refractivity contribution in [1.82, 2.24) is 9.97 Å². The van der Waals surface area contributed by atoms with Gasteiger partial charge in [-0.2, -0.15) is 0 Å². The van der Waals surface area contributed by atoms with E-state index in [1.165, 1.54) is 12.1 Å². The lowest BCUT2D eigenvalue weighted by molar-refractivity contribution is -0.384. The molecule has 7 heteroatoms. The number of nitro benzene ring substituents is 1. The van der Waals surface area contributed by atoms with Crippen molar-refractivity contribution < 1.29 is 4.92 Å². The summed E-state index contributed by atoms with van der Waals surface area (Å²) in [7, 11) is 0. The number of benzene rings is 2. The van der Waals surface area contributed by atoms with Crippen LogP contribution in [0.2, 0.25) is 0 Å². The number of hydrogen-bond acceptors (Lipinski definition) is 4. The Morgan fingerprint density at radius 1 is 1.29 bits per heavy atom. The number of rotatable bonds is 4. The molecule has 2 N–H and O–H groups in total. The highest BCUT2D eigenvalue weighted by Gasteiger charge is 2.10. The van der Waals surface area contributed by atoms with Gasteiger partial charge in [0, 0.05) is 23.7 Å². The Balaban J connectivity index is 1.96. The second kappa shape index (κ2) is 5.41. The number of hydrogen-bond donors (Lipinski definition) is 2. The van der Waals surface area contributed by atoms with Crippen molar-refractivity contribution in [3.63, 3.8) is 0 Å². The molecule has 3 rings (SSSR count). The Bertz CT molecular complexity index is 816. The number of anilines is 2. The number of halogens is 1. The lowest BCUT2D eigenvalue weighted by Crippen LogP contribution is -1.95. The van der Waals surface area contributed by atoms with E-state index < -0.39 is 4.92 Å². The van der Waals surface area contributed by atoms with Gasteiger partial charge in [0.1, 0.15) is 0 Å². The molecule has 3 aromatic rings. The van der Waals surface area contributed by atoms with Crippen LogP contribution in [0.3, 0.4) is 0 Å². The van der Waals surface area contributed by atoms with Crippen LogP contribution in [0.15, 0.2) is 42.5 Å². The standard InChI is InChI=1S/C14H11ClN4O2/c15-8-9-3-1-2-4-11(9)16-14-17-12-6-5-10(19(20)21)7-13(12)18-14/h1-7H,8H2,(H2,16,17,18). The van der Waals surface area contributed by atoms with Gasteiger partial charge in [0.25, 0.3) is 5.69 Å². The maximum absolute atomic E-state index is 10.8. The Labute approximate surface area is 124 Å². The molecule has 0 saturated carbocycles. The summed E-state index contributed by atoms with van der Waals surface area (Å²) in [5, 5.41) is 13.9. The van der Waals surface area contributed by atoms with Crippen molar-refractivity contribution in [2.75, 3.05) is 5.32 Å². The first-order valence-electron chi connectivity index (χ1n) is 6.22. The quantitative estimate of drug-likeness (QED) is 0.434. The fourth-order valence-electron chi connectivity index (χ4n) is 2.06. The summed E-state index contributed by atoms with van der Waals surface area (Å²) < 4.78 is 0. The van der Waals surface area contributed by atoms with Gasteiger partial charge in [-0.15, -0.1) is 11.6 Å². The van der Waals surface area contributed by atoms with Crippen molar-refractivity contribution >= 4 is 40.0 Å². The number of nitrogens with one attached hydrogen (secondary N) is 2. The number of imidazole rings is 1. The number of H-pyrrole nitrogens is 1. The Hall–Kier alpha value is -2.60. The first-order chi connectivity index (χ1) is 10.2. The highest BCUT2D eigenvalue weighted by atomic mass is 35.5. The second-order valence-electron chi connectivity index (χ2n) is 4.46. The molecule has 0 fully saturated rings. The molecule has 0 amide bonds. The second-order valence-corrected chi connectivity index (χ2v) is 4.73. The average Bonchev–Trinajstić information content (AvgIpc) is 2.89. The molecule has 1 heterocycles. The van der Waals surface area contributed by atoms with Crippen molar-refractivity contribution in [3.8, 4) is 0 Å². The smallest absolute Gasteiger partial charge is 0.271 e. The summed E-state index contributed by atoms with van der Waals surface area (Å²) in [4.78, 5) is 17.7. The van der Waals surface area contributed by atoms with E-state index >= 15 is 0 Å². The summed E-state index contributed by atoms with van der Waals surface area (Å²) in [6.07, 6.45) is 0. The Morgan fingerprint density at radius 3 is 2.86 bits per heavy atom.